The number of thiocarbonyl (C=S) groups is 2. The molecule has 0 bridgehead atoms. The Balaban J connectivity index is 0.000000354. The average molecular weight is 220 g/mol. The van der Waals surface area contributed by atoms with Gasteiger partial charge in [-0.05, 0) is 19.1 Å². The Kier molecular flexibility index (Phi) is 6.10. The van der Waals surface area contributed by atoms with E-state index in [0.29, 0.717) is 12.3 Å². The maximum Gasteiger partial charge on any atom is 0.238 e. The van der Waals surface area contributed by atoms with Gasteiger partial charge in [0.05, 0.1) is 10.9 Å². The number of rotatable bonds is 1. The van der Waals surface area contributed by atoms with Crippen molar-refractivity contribution in [3.8, 4) is 0 Å². The molecule has 0 radical (unpaired) electrons. The molecule has 1 N–H and O–H groups in total. The molecule has 1 rings (SSSR count). The van der Waals surface area contributed by atoms with E-state index in [2.05, 4.69) is 12.2 Å². The van der Waals surface area contributed by atoms with Crippen molar-refractivity contribution in [2.45, 2.75) is 6.92 Å². The highest BCUT2D eigenvalue weighted by atomic mass is 32.2. The molecule has 1 aliphatic heterocycles. The Morgan fingerprint density at radius 1 is 1.83 bits per heavy atom. The van der Waals surface area contributed by atoms with E-state index in [0.717, 1.165) is 4.32 Å². The Morgan fingerprint density at radius 2 is 2.33 bits per heavy atom. The van der Waals surface area contributed by atoms with Crippen LogP contribution in [0.2, 0.25) is 0 Å². The van der Waals surface area contributed by atoms with Crippen molar-refractivity contribution in [2.75, 3.05) is 12.3 Å². The summed E-state index contributed by atoms with van der Waals surface area (Å²) in [5.74, 6) is 0.680. The molecular weight excluding hydrogens is 212 g/mol. The predicted octanol–water partition coefficient (Wildman–Crippen LogP) is 1.53. The van der Waals surface area contributed by atoms with Gasteiger partial charge in [0.1, 0.15) is 4.32 Å². The molecule has 66 valence electrons. The van der Waals surface area contributed by atoms with Crippen molar-refractivity contribution in [3.63, 3.8) is 0 Å². The minimum absolute atomic E-state index is 0.146. The molecule has 0 saturated carbocycles. The first-order chi connectivity index (χ1) is 5.67. The van der Waals surface area contributed by atoms with Crippen LogP contribution in [0, 0.1) is 5.41 Å². The van der Waals surface area contributed by atoms with Gasteiger partial charge < -0.3 is 0 Å². The molecule has 1 heterocycles. The maximum atomic E-state index is 10.8. The molecule has 1 saturated heterocycles. The third-order valence-electron chi connectivity index (χ3n) is 1.16. The van der Waals surface area contributed by atoms with Crippen LogP contribution in [0.1, 0.15) is 6.92 Å². The van der Waals surface area contributed by atoms with Crippen LogP contribution < -0.4 is 0 Å². The Morgan fingerprint density at radius 3 is 2.50 bits per heavy atom. The van der Waals surface area contributed by atoms with Gasteiger partial charge in [-0.25, -0.2) is 5.41 Å². The summed E-state index contributed by atoms with van der Waals surface area (Å²) < 4.78 is 0.725. The first-order valence-corrected chi connectivity index (χ1v) is 4.98. The van der Waals surface area contributed by atoms with Crippen LogP contribution in [-0.4, -0.2) is 32.6 Å². The summed E-state index contributed by atoms with van der Waals surface area (Å²) in [5, 5.41) is 7.36. The van der Waals surface area contributed by atoms with E-state index in [1.54, 1.807) is 10.1 Å². The number of nitrogens with one attached hydrogen (secondary N) is 1. The monoisotopic (exact) mass is 220 g/mol. The fourth-order valence-corrected chi connectivity index (χ4v) is 1.88. The van der Waals surface area contributed by atoms with Crippen LogP contribution in [0.3, 0.4) is 0 Å². The lowest BCUT2D eigenvalue weighted by atomic mass is 10.6. The van der Waals surface area contributed by atoms with Gasteiger partial charge in [-0.15, -0.1) is 0 Å². The van der Waals surface area contributed by atoms with Crippen LogP contribution in [0.15, 0.2) is 0 Å². The van der Waals surface area contributed by atoms with Crippen molar-refractivity contribution in [2.24, 2.45) is 0 Å². The number of amides is 1. The van der Waals surface area contributed by atoms with Crippen LogP contribution in [-0.2, 0) is 4.79 Å². The molecule has 12 heavy (non-hydrogen) atoms. The van der Waals surface area contributed by atoms with E-state index in [1.165, 1.54) is 11.8 Å². The molecule has 1 amide bonds. The van der Waals surface area contributed by atoms with Crippen LogP contribution in [0.25, 0.3) is 0 Å². The highest BCUT2D eigenvalue weighted by Crippen LogP contribution is 2.17. The topological polar surface area (TPSA) is 44.2 Å². The molecule has 1 aliphatic rings. The Hall–Kier alpha value is -0.290. The van der Waals surface area contributed by atoms with E-state index in [4.69, 9.17) is 17.6 Å². The highest BCUT2D eigenvalue weighted by molar-refractivity contribution is 8.23. The zero-order valence-corrected chi connectivity index (χ0v) is 8.94. The molecule has 0 aromatic carbocycles. The summed E-state index contributed by atoms with van der Waals surface area (Å²) in [6.45, 7) is 2.64. The Labute approximate surface area is 86.0 Å². The molecular formula is C6H8N2OS3. The summed E-state index contributed by atoms with van der Waals surface area (Å²) in [6, 6.07) is 0. The van der Waals surface area contributed by atoms with Crippen molar-refractivity contribution < 1.29 is 4.79 Å². The van der Waals surface area contributed by atoms with E-state index in [1.807, 2.05) is 6.92 Å². The van der Waals surface area contributed by atoms with Gasteiger partial charge >= 0.3 is 0 Å². The van der Waals surface area contributed by atoms with E-state index < -0.39 is 0 Å². The van der Waals surface area contributed by atoms with Gasteiger partial charge in [0.25, 0.3) is 0 Å². The van der Waals surface area contributed by atoms with Crippen molar-refractivity contribution >= 4 is 51.6 Å². The first kappa shape index (κ1) is 11.7. The zero-order valence-electron chi connectivity index (χ0n) is 6.49. The molecule has 3 nitrogen and oxygen atoms in total. The number of isothiocyanates is 1. The third-order valence-corrected chi connectivity index (χ3v) is 2.59. The van der Waals surface area contributed by atoms with Crippen molar-refractivity contribution in [1.82, 2.24) is 4.90 Å². The second kappa shape index (κ2) is 6.25. The largest absolute Gasteiger partial charge is 0.297 e. The number of carbonyl (C=O) groups is 1. The maximum absolute atomic E-state index is 10.8. The lowest BCUT2D eigenvalue weighted by molar-refractivity contribution is -0.123. The number of thioether (sulfide) groups is 1. The van der Waals surface area contributed by atoms with E-state index >= 15 is 0 Å². The second-order valence-corrected chi connectivity index (χ2v) is 3.61. The molecule has 1 fully saturated rings. The Bertz CT molecular complexity index is 207. The zero-order chi connectivity index (χ0) is 9.56. The lowest BCUT2D eigenvalue weighted by Gasteiger charge is -2.09. The smallest absolute Gasteiger partial charge is 0.238 e. The molecule has 0 aliphatic carbocycles. The molecule has 0 aromatic heterocycles. The van der Waals surface area contributed by atoms with Crippen LogP contribution in [0.5, 0.6) is 0 Å². The molecule has 0 spiro atoms. The quantitative estimate of drug-likeness (QED) is 0.538. The molecule has 6 heteroatoms. The van der Waals surface area contributed by atoms with Crippen molar-refractivity contribution in [3.05, 3.63) is 0 Å². The van der Waals surface area contributed by atoms with E-state index in [-0.39, 0.29) is 5.91 Å². The standard InChI is InChI=1S/C5H7NOS2.CHNS/c1-2-6-4(7)3-9-5(6)8;2-1-3/h2-3H2,1H3;2H. The van der Waals surface area contributed by atoms with Gasteiger partial charge in [-0.2, -0.15) is 0 Å². The summed E-state index contributed by atoms with van der Waals surface area (Å²) in [4.78, 5) is 12.5. The summed E-state index contributed by atoms with van der Waals surface area (Å²) in [7, 11) is 0. The summed E-state index contributed by atoms with van der Waals surface area (Å²) >= 11 is 10.1. The first-order valence-electron chi connectivity index (χ1n) is 3.18. The average Bonchev–Trinajstić information content (AvgIpc) is 2.33. The second-order valence-electron chi connectivity index (χ2n) is 1.79. The molecule has 0 atom stereocenters. The van der Waals surface area contributed by atoms with Gasteiger partial charge in [-0.3, -0.25) is 9.69 Å². The third kappa shape index (κ3) is 3.40. The normalized spacial score (nSPS) is 15.2. The number of hydrogen-bond donors (Lipinski definition) is 1. The minimum atomic E-state index is 0.146. The van der Waals surface area contributed by atoms with Gasteiger partial charge in [-0.1, -0.05) is 24.0 Å². The van der Waals surface area contributed by atoms with E-state index in [9.17, 15) is 4.79 Å². The van der Waals surface area contributed by atoms with Crippen LogP contribution >= 0.6 is 36.2 Å². The summed E-state index contributed by atoms with van der Waals surface area (Å²) in [5.41, 5.74) is 0. The molecule has 0 aromatic rings. The predicted molar refractivity (Wildman–Crippen MR) is 57.8 cm³/mol. The molecule has 0 unspecified atom stereocenters. The highest BCUT2D eigenvalue weighted by Gasteiger charge is 2.24. The number of nitrogens with zero attached hydrogens (tertiary/aromatic N) is 1. The van der Waals surface area contributed by atoms with Crippen molar-refractivity contribution in [1.29, 1.82) is 5.41 Å². The lowest BCUT2D eigenvalue weighted by Crippen LogP contribution is -2.27. The number of hydrogen-bond acceptors (Lipinski definition) is 5. The SMILES string of the molecule is CCN1C(=O)CSC1=S.N=C=S. The van der Waals surface area contributed by atoms with Gasteiger partial charge in [0.2, 0.25) is 5.91 Å². The van der Waals surface area contributed by atoms with Crippen LogP contribution in [0.4, 0.5) is 0 Å². The fraction of sp³-hybridized carbons (Fsp3) is 0.500. The van der Waals surface area contributed by atoms with Gasteiger partial charge in [0, 0.05) is 6.54 Å². The number of carbonyl (C=O) groups excluding carboxylic acids is 1. The summed E-state index contributed by atoms with van der Waals surface area (Å²) in [6.07, 6.45) is 0. The minimum Gasteiger partial charge on any atom is -0.297 e. The van der Waals surface area contributed by atoms with Gasteiger partial charge in [0.15, 0.2) is 0 Å². The fourth-order valence-electron chi connectivity index (χ4n) is 0.687.